The summed E-state index contributed by atoms with van der Waals surface area (Å²) in [4.78, 5) is 0. The Morgan fingerprint density at radius 2 is 2.08 bits per heavy atom. The van der Waals surface area contributed by atoms with Crippen LogP contribution in [-0.2, 0) is 0 Å². The van der Waals surface area contributed by atoms with E-state index in [1.165, 1.54) is 11.3 Å². The molecule has 0 aliphatic heterocycles. The Balaban J connectivity index is 2.75. The Labute approximate surface area is 84.5 Å². The molecule has 0 saturated heterocycles. The fraction of sp³-hybridized carbons (Fsp3) is 0. The molecule has 2 N–H and O–H groups in total. The van der Waals surface area contributed by atoms with Gasteiger partial charge in [0.25, 0.3) is 0 Å². The molecule has 2 rings (SSSR count). The third-order valence-electron chi connectivity index (χ3n) is 1.86. The van der Waals surface area contributed by atoms with E-state index >= 15 is 0 Å². The van der Waals surface area contributed by atoms with Crippen LogP contribution in [-0.4, -0.2) is 17.2 Å². The van der Waals surface area contributed by atoms with Gasteiger partial charge in [-0.05, 0) is 16.8 Å². The number of fused-ring (bicyclic) bond motifs is 1. The lowest BCUT2D eigenvalue weighted by molar-refractivity contribution is 0.426. The second-order valence-electron chi connectivity index (χ2n) is 2.68. The van der Waals surface area contributed by atoms with Crippen LogP contribution in [0.3, 0.4) is 0 Å². The molecule has 0 aliphatic carbocycles. The summed E-state index contributed by atoms with van der Waals surface area (Å²) >= 11 is 7.34. The Morgan fingerprint density at radius 1 is 1.31 bits per heavy atom. The molecule has 2 aromatic rings. The molecular weight excluding hydrogens is 206 g/mol. The summed E-state index contributed by atoms with van der Waals surface area (Å²) in [6.07, 6.45) is 0. The van der Waals surface area contributed by atoms with Crippen molar-refractivity contribution in [2.75, 3.05) is 0 Å². The lowest BCUT2D eigenvalue weighted by Crippen LogP contribution is -2.28. The van der Waals surface area contributed by atoms with E-state index in [9.17, 15) is 0 Å². The quantitative estimate of drug-likeness (QED) is 0.698. The Bertz CT molecular complexity index is 441. The summed E-state index contributed by atoms with van der Waals surface area (Å²) in [5.74, 6) is 0. The Hall–Kier alpha value is -0.545. The largest absolute Gasteiger partial charge is 0.489 e. The fourth-order valence-corrected chi connectivity index (χ4v) is 2.54. The number of hydrogen-bond donors (Lipinski definition) is 2. The summed E-state index contributed by atoms with van der Waals surface area (Å²) in [5.41, 5.74) is 0.516. The maximum Gasteiger partial charge on any atom is 0.489 e. The molecule has 13 heavy (non-hydrogen) atoms. The predicted octanol–water partition coefficient (Wildman–Crippen LogP) is 1.23. The van der Waals surface area contributed by atoms with Crippen molar-refractivity contribution in [1.82, 2.24) is 0 Å². The first kappa shape index (κ1) is 9.03. The molecule has 66 valence electrons. The zero-order valence-corrected chi connectivity index (χ0v) is 8.14. The topological polar surface area (TPSA) is 40.5 Å². The van der Waals surface area contributed by atoms with Crippen LogP contribution in [0, 0.1) is 0 Å². The van der Waals surface area contributed by atoms with Crippen molar-refractivity contribution in [2.24, 2.45) is 0 Å². The maximum absolute atomic E-state index is 9.02. The molecule has 0 amide bonds. The summed E-state index contributed by atoms with van der Waals surface area (Å²) < 4.78 is 0.896. The molecule has 0 fully saturated rings. The number of hydrogen-bond acceptors (Lipinski definition) is 3. The second kappa shape index (κ2) is 3.31. The van der Waals surface area contributed by atoms with Crippen LogP contribution in [0.2, 0.25) is 5.02 Å². The Kier molecular flexibility index (Phi) is 2.30. The van der Waals surface area contributed by atoms with E-state index in [-0.39, 0.29) is 0 Å². The van der Waals surface area contributed by atoms with E-state index in [4.69, 9.17) is 21.6 Å². The number of rotatable bonds is 1. The van der Waals surface area contributed by atoms with Gasteiger partial charge in [-0.25, -0.2) is 0 Å². The lowest BCUT2D eigenvalue weighted by Gasteiger charge is -1.96. The molecule has 5 heteroatoms. The second-order valence-corrected chi connectivity index (χ2v) is 3.97. The average molecular weight is 212 g/mol. The van der Waals surface area contributed by atoms with Crippen molar-refractivity contribution in [3.8, 4) is 0 Å². The first-order chi connectivity index (χ1) is 6.20. The average Bonchev–Trinajstić information content (AvgIpc) is 2.48. The molecule has 1 aromatic carbocycles. The van der Waals surface area contributed by atoms with Gasteiger partial charge in [0.05, 0.1) is 9.72 Å². The highest BCUT2D eigenvalue weighted by atomic mass is 35.5. The van der Waals surface area contributed by atoms with Gasteiger partial charge in [0.15, 0.2) is 0 Å². The van der Waals surface area contributed by atoms with Gasteiger partial charge in [-0.2, -0.15) is 0 Å². The van der Waals surface area contributed by atoms with Gasteiger partial charge in [0.1, 0.15) is 0 Å². The molecule has 0 bridgehead atoms. The molecule has 0 radical (unpaired) electrons. The number of halogens is 1. The van der Waals surface area contributed by atoms with Gasteiger partial charge in [0, 0.05) is 5.46 Å². The van der Waals surface area contributed by atoms with E-state index in [0.717, 1.165) is 10.1 Å². The van der Waals surface area contributed by atoms with Crippen LogP contribution in [0.15, 0.2) is 23.6 Å². The molecule has 0 unspecified atom stereocenters. The molecule has 0 atom stereocenters. The highest BCUT2D eigenvalue weighted by molar-refractivity contribution is 7.19. The number of benzene rings is 1. The van der Waals surface area contributed by atoms with Crippen molar-refractivity contribution in [2.45, 2.75) is 0 Å². The van der Waals surface area contributed by atoms with Crippen LogP contribution < -0.4 is 5.46 Å². The molecule has 1 aromatic heterocycles. The van der Waals surface area contributed by atoms with Gasteiger partial charge in [-0.3, -0.25) is 0 Å². The highest BCUT2D eigenvalue weighted by Crippen LogP contribution is 2.26. The van der Waals surface area contributed by atoms with E-state index in [1.54, 1.807) is 17.5 Å². The van der Waals surface area contributed by atoms with Crippen molar-refractivity contribution < 1.29 is 10.0 Å². The third-order valence-corrected chi connectivity index (χ3v) is 3.33. The minimum Gasteiger partial charge on any atom is -0.423 e. The Morgan fingerprint density at radius 3 is 2.77 bits per heavy atom. The van der Waals surface area contributed by atoms with Crippen LogP contribution in [0.25, 0.3) is 10.1 Å². The minimum absolute atomic E-state index is 0.516. The van der Waals surface area contributed by atoms with E-state index in [2.05, 4.69) is 0 Å². The van der Waals surface area contributed by atoms with E-state index < -0.39 is 7.12 Å². The smallest absolute Gasteiger partial charge is 0.423 e. The van der Waals surface area contributed by atoms with Gasteiger partial charge < -0.3 is 10.0 Å². The summed E-state index contributed by atoms with van der Waals surface area (Å²) in [6.45, 7) is 0. The standard InChI is InChI=1S/C8H6BClO2S/c10-7-3-1-2-5-6(9(11)12)4-13-8(5)7/h1-4,11-12H. The van der Waals surface area contributed by atoms with Crippen LogP contribution in [0.5, 0.6) is 0 Å². The molecule has 0 aliphatic rings. The summed E-state index contributed by atoms with van der Waals surface area (Å²) in [6, 6.07) is 5.41. The third kappa shape index (κ3) is 1.46. The van der Waals surface area contributed by atoms with E-state index in [0.29, 0.717) is 10.5 Å². The zero-order chi connectivity index (χ0) is 9.42. The van der Waals surface area contributed by atoms with Gasteiger partial charge in [0.2, 0.25) is 0 Å². The summed E-state index contributed by atoms with van der Waals surface area (Å²) in [7, 11) is -1.42. The lowest BCUT2D eigenvalue weighted by atomic mass is 9.80. The van der Waals surface area contributed by atoms with Crippen LogP contribution in [0.4, 0.5) is 0 Å². The first-order valence-electron chi connectivity index (χ1n) is 3.72. The van der Waals surface area contributed by atoms with E-state index in [1.807, 2.05) is 6.07 Å². The minimum atomic E-state index is -1.42. The molecule has 2 nitrogen and oxygen atoms in total. The van der Waals surface area contributed by atoms with Crippen molar-refractivity contribution in [1.29, 1.82) is 0 Å². The predicted molar refractivity (Wildman–Crippen MR) is 56.7 cm³/mol. The van der Waals surface area contributed by atoms with Gasteiger partial charge in [-0.15, -0.1) is 11.3 Å². The highest BCUT2D eigenvalue weighted by Gasteiger charge is 2.16. The molecule has 1 heterocycles. The number of thiophene rings is 1. The van der Waals surface area contributed by atoms with Gasteiger partial charge in [-0.1, -0.05) is 23.7 Å². The fourth-order valence-electron chi connectivity index (χ4n) is 1.24. The van der Waals surface area contributed by atoms with Gasteiger partial charge >= 0.3 is 7.12 Å². The molecular formula is C8H6BClO2S. The van der Waals surface area contributed by atoms with Crippen LogP contribution in [0.1, 0.15) is 0 Å². The monoisotopic (exact) mass is 212 g/mol. The molecule has 0 spiro atoms. The van der Waals surface area contributed by atoms with Crippen molar-refractivity contribution in [3.05, 3.63) is 28.6 Å². The SMILES string of the molecule is OB(O)c1csc2c(Cl)cccc12. The van der Waals surface area contributed by atoms with Crippen LogP contribution >= 0.6 is 22.9 Å². The zero-order valence-electron chi connectivity index (χ0n) is 6.57. The van der Waals surface area contributed by atoms with Crippen molar-refractivity contribution >= 4 is 45.6 Å². The van der Waals surface area contributed by atoms with Crippen molar-refractivity contribution in [3.63, 3.8) is 0 Å². The first-order valence-corrected chi connectivity index (χ1v) is 4.97. The molecule has 0 saturated carbocycles. The maximum atomic E-state index is 9.02. The summed E-state index contributed by atoms with van der Waals surface area (Å²) in [5, 5.41) is 21.2. The normalized spacial score (nSPS) is 10.7.